The lowest BCUT2D eigenvalue weighted by Crippen LogP contribution is -2.16. The van der Waals surface area contributed by atoms with Gasteiger partial charge in [-0.15, -0.1) is 0 Å². The molecule has 0 spiro atoms. The molecule has 0 aliphatic carbocycles. The summed E-state index contributed by atoms with van der Waals surface area (Å²) in [6.45, 7) is 3.32. The molecule has 0 saturated heterocycles. The van der Waals surface area contributed by atoms with E-state index in [0.29, 0.717) is 11.1 Å². The van der Waals surface area contributed by atoms with Gasteiger partial charge in [0.2, 0.25) is 0 Å². The molecule has 9 nitrogen and oxygen atoms in total. The summed E-state index contributed by atoms with van der Waals surface area (Å²) in [5.74, 6) is 0. The van der Waals surface area contributed by atoms with E-state index in [1.54, 1.807) is 13.8 Å². The van der Waals surface area contributed by atoms with E-state index in [2.05, 4.69) is 4.72 Å². The van der Waals surface area contributed by atoms with Crippen LogP contribution in [0.1, 0.15) is 11.1 Å². The second-order valence-corrected chi connectivity index (χ2v) is 6.69. The molecule has 0 heterocycles. The van der Waals surface area contributed by atoms with Crippen molar-refractivity contribution in [3.63, 3.8) is 0 Å². The fourth-order valence-electron chi connectivity index (χ4n) is 2.07. The maximum Gasteiger partial charge on any atom is 0.293 e. The zero-order valence-corrected chi connectivity index (χ0v) is 13.5. The number of benzene rings is 2. The van der Waals surface area contributed by atoms with Gasteiger partial charge in [0.1, 0.15) is 5.69 Å². The van der Waals surface area contributed by atoms with Gasteiger partial charge >= 0.3 is 0 Å². The SMILES string of the molecule is Cc1cc(NS(=O)(=O)c2ccccc2[N+](=O)[O-])c([N+](=O)[O-])cc1C. The van der Waals surface area contributed by atoms with Crippen molar-refractivity contribution < 1.29 is 18.3 Å². The largest absolute Gasteiger partial charge is 0.293 e. The van der Waals surface area contributed by atoms with E-state index in [-0.39, 0.29) is 5.69 Å². The molecule has 24 heavy (non-hydrogen) atoms. The Morgan fingerprint density at radius 3 is 2.04 bits per heavy atom. The maximum absolute atomic E-state index is 12.5. The lowest BCUT2D eigenvalue weighted by atomic mass is 10.1. The van der Waals surface area contributed by atoms with Gasteiger partial charge in [-0.25, -0.2) is 8.42 Å². The molecule has 0 saturated carbocycles. The highest BCUT2D eigenvalue weighted by molar-refractivity contribution is 7.92. The highest BCUT2D eigenvalue weighted by atomic mass is 32.2. The van der Waals surface area contributed by atoms with E-state index >= 15 is 0 Å². The van der Waals surface area contributed by atoms with Crippen molar-refractivity contribution in [1.29, 1.82) is 0 Å². The Balaban J connectivity index is 2.57. The zero-order chi connectivity index (χ0) is 18.1. The number of aryl methyl sites for hydroxylation is 2. The summed E-state index contributed by atoms with van der Waals surface area (Å²) in [7, 11) is -4.37. The summed E-state index contributed by atoms with van der Waals surface area (Å²) >= 11 is 0. The van der Waals surface area contributed by atoms with Crippen LogP contribution in [-0.2, 0) is 10.0 Å². The number of anilines is 1. The Labute approximate surface area is 137 Å². The van der Waals surface area contributed by atoms with Gasteiger partial charge in [-0.2, -0.15) is 0 Å². The van der Waals surface area contributed by atoms with Crippen LogP contribution in [0, 0.1) is 34.1 Å². The average molecular weight is 351 g/mol. The van der Waals surface area contributed by atoms with Gasteiger partial charge in [0, 0.05) is 12.1 Å². The second kappa shape index (κ2) is 6.24. The summed E-state index contributed by atoms with van der Waals surface area (Å²) in [6.07, 6.45) is 0. The molecule has 0 bridgehead atoms. The first-order chi connectivity index (χ1) is 11.1. The normalized spacial score (nSPS) is 11.1. The Hall–Kier alpha value is -3.01. The van der Waals surface area contributed by atoms with Gasteiger partial charge in [-0.3, -0.25) is 25.0 Å². The minimum Gasteiger partial charge on any atom is -0.273 e. The zero-order valence-electron chi connectivity index (χ0n) is 12.7. The molecular weight excluding hydrogens is 338 g/mol. The Bertz CT molecular complexity index is 940. The van der Waals surface area contributed by atoms with Crippen LogP contribution in [-0.4, -0.2) is 18.3 Å². The highest BCUT2D eigenvalue weighted by Gasteiger charge is 2.28. The molecular formula is C14H13N3O6S. The quantitative estimate of drug-likeness (QED) is 0.650. The van der Waals surface area contributed by atoms with Crippen LogP contribution in [0.5, 0.6) is 0 Å². The summed E-state index contributed by atoms with van der Waals surface area (Å²) in [5.41, 5.74) is -0.0332. The maximum atomic E-state index is 12.5. The first kappa shape index (κ1) is 17.3. The van der Waals surface area contributed by atoms with Crippen molar-refractivity contribution in [2.45, 2.75) is 18.7 Å². The number of nitro benzene ring substituents is 2. The summed E-state index contributed by atoms with van der Waals surface area (Å²) in [6, 6.07) is 7.33. The third kappa shape index (κ3) is 3.33. The van der Waals surface area contributed by atoms with Crippen LogP contribution in [0.2, 0.25) is 0 Å². The third-order valence-electron chi connectivity index (χ3n) is 3.40. The van der Waals surface area contributed by atoms with Gasteiger partial charge in [-0.1, -0.05) is 12.1 Å². The van der Waals surface area contributed by atoms with Gasteiger partial charge in [0.15, 0.2) is 4.90 Å². The molecule has 0 fully saturated rings. The Kier molecular flexibility index (Phi) is 4.51. The van der Waals surface area contributed by atoms with Gasteiger partial charge in [0.25, 0.3) is 21.4 Å². The highest BCUT2D eigenvalue weighted by Crippen LogP contribution is 2.31. The van der Waals surface area contributed by atoms with Crippen molar-refractivity contribution in [2.24, 2.45) is 0 Å². The minimum absolute atomic E-state index is 0.249. The number of nitrogens with one attached hydrogen (secondary N) is 1. The fraction of sp³-hybridized carbons (Fsp3) is 0.143. The van der Waals surface area contributed by atoms with E-state index in [0.717, 1.165) is 12.1 Å². The summed E-state index contributed by atoms with van der Waals surface area (Å²) in [4.78, 5) is 20.0. The predicted molar refractivity (Wildman–Crippen MR) is 86.5 cm³/mol. The summed E-state index contributed by atoms with van der Waals surface area (Å²) in [5, 5.41) is 22.1. The molecule has 2 rings (SSSR count). The van der Waals surface area contributed by atoms with Crippen LogP contribution in [0.15, 0.2) is 41.3 Å². The number of hydrogen-bond acceptors (Lipinski definition) is 6. The van der Waals surface area contributed by atoms with Crippen molar-refractivity contribution >= 4 is 27.1 Å². The van der Waals surface area contributed by atoms with Gasteiger partial charge in [0.05, 0.1) is 9.85 Å². The Morgan fingerprint density at radius 2 is 1.46 bits per heavy atom. The number of nitro groups is 2. The molecule has 10 heteroatoms. The molecule has 2 aromatic rings. The smallest absolute Gasteiger partial charge is 0.273 e. The molecule has 0 amide bonds. The van der Waals surface area contributed by atoms with Crippen LogP contribution < -0.4 is 4.72 Å². The first-order valence-corrected chi connectivity index (χ1v) is 8.13. The van der Waals surface area contributed by atoms with Crippen molar-refractivity contribution in [3.05, 3.63) is 67.8 Å². The average Bonchev–Trinajstić information content (AvgIpc) is 2.50. The number of sulfonamides is 1. The van der Waals surface area contributed by atoms with Crippen LogP contribution >= 0.6 is 0 Å². The molecule has 1 N–H and O–H groups in total. The number of hydrogen-bond donors (Lipinski definition) is 1. The van der Waals surface area contributed by atoms with E-state index < -0.39 is 36.1 Å². The molecule has 0 aliphatic rings. The van der Waals surface area contributed by atoms with Crippen LogP contribution in [0.25, 0.3) is 0 Å². The monoisotopic (exact) mass is 351 g/mol. The second-order valence-electron chi connectivity index (χ2n) is 5.04. The Morgan fingerprint density at radius 1 is 0.917 bits per heavy atom. The molecule has 0 radical (unpaired) electrons. The lowest BCUT2D eigenvalue weighted by molar-refractivity contribution is -0.387. The van der Waals surface area contributed by atoms with E-state index in [1.807, 2.05) is 0 Å². The lowest BCUT2D eigenvalue weighted by Gasteiger charge is -2.10. The fourth-order valence-corrected chi connectivity index (χ4v) is 3.31. The van der Waals surface area contributed by atoms with Crippen LogP contribution in [0.3, 0.4) is 0 Å². The van der Waals surface area contributed by atoms with E-state index in [4.69, 9.17) is 0 Å². The molecule has 0 atom stereocenters. The molecule has 0 aromatic heterocycles. The molecule has 2 aromatic carbocycles. The van der Waals surface area contributed by atoms with Crippen molar-refractivity contribution in [3.8, 4) is 0 Å². The molecule has 126 valence electrons. The number of para-hydroxylation sites is 1. The van der Waals surface area contributed by atoms with Gasteiger partial charge < -0.3 is 0 Å². The predicted octanol–water partition coefficient (Wildman–Crippen LogP) is 2.92. The van der Waals surface area contributed by atoms with Gasteiger partial charge in [-0.05, 0) is 37.1 Å². The number of nitrogens with zero attached hydrogens (tertiary/aromatic N) is 2. The minimum atomic E-state index is -4.37. The molecule has 0 unspecified atom stereocenters. The first-order valence-electron chi connectivity index (χ1n) is 6.65. The van der Waals surface area contributed by atoms with E-state index in [1.165, 1.54) is 24.3 Å². The summed E-state index contributed by atoms with van der Waals surface area (Å²) < 4.78 is 27.0. The third-order valence-corrected chi connectivity index (χ3v) is 4.82. The van der Waals surface area contributed by atoms with E-state index in [9.17, 15) is 28.6 Å². The number of rotatable bonds is 5. The van der Waals surface area contributed by atoms with Crippen LogP contribution in [0.4, 0.5) is 17.1 Å². The van der Waals surface area contributed by atoms with Crippen molar-refractivity contribution in [2.75, 3.05) is 4.72 Å². The standard InChI is InChI=1S/C14H13N3O6S/c1-9-7-11(13(17(20)21)8-10(9)2)15-24(22,23)14-6-4-3-5-12(14)16(18)19/h3-8,15H,1-2H3. The topological polar surface area (TPSA) is 132 Å². The molecule has 0 aliphatic heterocycles. The van der Waals surface area contributed by atoms with Crippen molar-refractivity contribution in [1.82, 2.24) is 0 Å².